The molecule has 1 aromatic heterocycles. The molecule has 26 heavy (non-hydrogen) atoms. The summed E-state index contributed by atoms with van der Waals surface area (Å²) in [7, 11) is 1.59. The van der Waals surface area contributed by atoms with Crippen molar-refractivity contribution in [3.8, 4) is 16.9 Å². The highest BCUT2D eigenvalue weighted by Crippen LogP contribution is 2.49. The van der Waals surface area contributed by atoms with E-state index in [2.05, 4.69) is 15.0 Å². The summed E-state index contributed by atoms with van der Waals surface area (Å²) < 4.78 is 6.00. The van der Waals surface area contributed by atoms with E-state index in [4.69, 9.17) is 10.5 Å². The van der Waals surface area contributed by atoms with Gasteiger partial charge in [-0.2, -0.15) is 0 Å². The van der Waals surface area contributed by atoms with Crippen LogP contribution in [0.4, 0.5) is 0 Å². The van der Waals surface area contributed by atoms with Crippen LogP contribution in [0.1, 0.15) is 18.9 Å². The summed E-state index contributed by atoms with van der Waals surface area (Å²) in [6.07, 6.45) is 5.05. The number of carbonyl (C=O) groups is 1. The lowest BCUT2D eigenvalue weighted by Gasteiger charge is -2.42. The third-order valence-electron chi connectivity index (χ3n) is 4.95. The maximum Gasteiger partial charge on any atom is 0.261 e. The maximum absolute atomic E-state index is 13.1. The number of rotatable bonds is 2. The molecule has 2 aliphatic rings. The van der Waals surface area contributed by atoms with Crippen LogP contribution in [-0.4, -0.2) is 51.1 Å². The van der Waals surface area contributed by atoms with Gasteiger partial charge in [0.25, 0.3) is 5.91 Å². The molecule has 1 aromatic carbocycles. The van der Waals surface area contributed by atoms with Crippen molar-refractivity contribution >= 4 is 11.9 Å². The zero-order chi connectivity index (χ0) is 18.5. The number of nitrogens with two attached hydrogens (primary N) is 1. The predicted molar refractivity (Wildman–Crippen MR) is 94.3 cm³/mol. The molecule has 0 saturated heterocycles. The van der Waals surface area contributed by atoms with Gasteiger partial charge in [-0.15, -0.1) is 0 Å². The fourth-order valence-corrected chi connectivity index (χ4v) is 3.59. The number of fused-ring (bicyclic) bond motifs is 2. The van der Waals surface area contributed by atoms with Crippen molar-refractivity contribution in [2.75, 3.05) is 13.7 Å². The van der Waals surface area contributed by atoms with E-state index in [9.17, 15) is 9.90 Å². The minimum absolute atomic E-state index is 0.150. The Bertz CT molecular complexity index is 916. The number of amides is 1. The molecule has 1 amide bonds. The Hall–Kier alpha value is -3.00. The van der Waals surface area contributed by atoms with Crippen LogP contribution < -0.4 is 10.5 Å². The summed E-state index contributed by atoms with van der Waals surface area (Å²) in [5.41, 5.74) is 6.08. The van der Waals surface area contributed by atoms with E-state index < -0.39 is 11.1 Å². The van der Waals surface area contributed by atoms with Crippen LogP contribution in [0.15, 0.2) is 41.9 Å². The molecule has 2 atom stereocenters. The third kappa shape index (κ3) is 2.26. The monoisotopic (exact) mass is 353 g/mol. The minimum atomic E-state index is -1.21. The first kappa shape index (κ1) is 16.5. The maximum atomic E-state index is 13.1. The Labute approximate surface area is 150 Å². The molecule has 2 aromatic rings. The Kier molecular flexibility index (Phi) is 3.48. The van der Waals surface area contributed by atoms with Crippen molar-refractivity contribution in [2.24, 2.45) is 10.7 Å². The van der Waals surface area contributed by atoms with E-state index in [1.54, 1.807) is 32.4 Å². The number of benzene rings is 1. The van der Waals surface area contributed by atoms with Crippen LogP contribution in [0.25, 0.3) is 11.1 Å². The highest BCUT2D eigenvalue weighted by molar-refractivity contribution is 6.07. The second-order valence-electron chi connectivity index (χ2n) is 6.92. The summed E-state index contributed by atoms with van der Waals surface area (Å²) in [5, 5.41) is 9.82. The molecular weight excluding hydrogens is 334 g/mol. The topological polar surface area (TPSA) is 114 Å². The van der Waals surface area contributed by atoms with Crippen molar-refractivity contribution in [1.82, 2.24) is 14.9 Å². The van der Waals surface area contributed by atoms with Gasteiger partial charge < -0.3 is 15.6 Å². The number of aliphatic hydroxyl groups is 1. The molecular formula is C18H19N5O3. The summed E-state index contributed by atoms with van der Waals surface area (Å²) in [5.74, 6) is 0.422. The standard InChI is InChI=1S/C18H19N5O3/c1-17(9-24)8-18(15(25)23(2)16(19)22-18)13-5-11(3-4-14(13)26-17)12-6-20-10-21-7-12/h3-7,10,24H,8-9H2,1-2H3,(H2,19,22)/t17-,18+/m0/s1. The van der Waals surface area contributed by atoms with Crippen LogP contribution in [0.2, 0.25) is 0 Å². The third-order valence-corrected chi connectivity index (χ3v) is 4.95. The predicted octanol–water partition coefficient (Wildman–Crippen LogP) is 0.659. The van der Waals surface area contributed by atoms with Crippen LogP contribution >= 0.6 is 0 Å². The Morgan fingerprint density at radius 2 is 2.04 bits per heavy atom. The average molecular weight is 353 g/mol. The second-order valence-corrected chi connectivity index (χ2v) is 6.92. The lowest BCUT2D eigenvalue weighted by atomic mass is 9.76. The van der Waals surface area contributed by atoms with Gasteiger partial charge in [0.15, 0.2) is 11.5 Å². The lowest BCUT2D eigenvalue weighted by Crippen LogP contribution is -2.52. The van der Waals surface area contributed by atoms with Crippen molar-refractivity contribution < 1.29 is 14.6 Å². The molecule has 0 fully saturated rings. The molecule has 0 unspecified atom stereocenters. The zero-order valence-corrected chi connectivity index (χ0v) is 14.5. The van der Waals surface area contributed by atoms with Crippen molar-refractivity contribution in [3.05, 3.63) is 42.5 Å². The molecule has 134 valence electrons. The molecule has 3 heterocycles. The molecule has 0 aliphatic carbocycles. The molecule has 3 N–H and O–H groups in total. The summed E-state index contributed by atoms with van der Waals surface area (Å²) in [6, 6.07) is 5.51. The largest absolute Gasteiger partial charge is 0.485 e. The van der Waals surface area contributed by atoms with Crippen molar-refractivity contribution in [1.29, 1.82) is 0 Å². The van der Waals surface area contributed by atoms with Crippen LogP contribution in [0.3, 0.4) is 0 Å². The molecule has 0 bridgehead atoms. The summed E-state index contributed by atoms with van der Waals surface area (Å²) >= 11 is 0. The van der Waals surface area contributed by atoms with Crippen molar-refractivity contribution in [2.45, 2.75) is 24.5 Å². The molecule has 1 spiro atoms. The number of ether oxygens (including phenoxy) is 1. The van der Waals surface area contributed by atoms with Gasteiger partial charge in [0.1, 0.15) is 17.7 Å². The molecule has 4 rings (SSSR count). The molecule has 8 heteroatoms. The van der Waals surface area contributed by atoms with Gasteiger partial charge in [0.05, 0.1) is 6.61 Å². The smallest absolute Gasteiger partial charge is 0.261 e. The van der Waals surface area contributed by atoms with E-state index in [0.717, 1.165) is 11.1 Å². The number of likely N-dealkylation sites (N-methyl/N-ethyl adjacent to an activating group) is 1. The Morgan fingerprint density at radius 1 is 1.31 bits per heavy atom. The SMILES string of the molecule is CN1C(=O)[C@]2(C[C@@](C)(CO)Oc3ccc(-c4cncnc4)cc32)N=C1N. The van der Waals surface area contributed by atoms with Gasteiger partial charge in [0, 0.05) is 37.0 Å². The fourth-order valence-electron chi connectivity index (χ4n) is 3.59. The Balaban J connectivity index is 1.93. The zero-order valence-electron chi connectivity index (χ0n) is 14.5. The molecule has 0 saturated carbocycles. The van der Waals surface area contributed by atoms with Crippen molar-refractivity contribution in [3.63, 3.8) is 0 Å². The number of aliphatic imine (C=N–C) groups is 1. The van der Waals surface area contributed by atoms with Gasteiger partial charge >= 0.3 is 0 Å². The summed E-state index contributed by atoms with van der Waals surface area (Å²) in [6.45, 7) is 1.52. The number of aromatic nitrogens is 2. The number of guanidine groups is 1. The normalized spacial score (nSPS) is 27.3. The van der Waals surface area contributed by atoms with Gasteiger partial charge in [-0.05, 0) is 24.6 Å². The quantitative estimate of drug-likeness (QED) is 0.820. The van der Waals surface area contributed by atoms with E-state index in [0.29, 0.717) is 11.3 Å². The first-order valence-electron chi connectivity index (χ1n) is 8.22. The van der Waals surface area contributed by atoms with E-state index in [1.807, 2.05) is 12.1 Å². The summed E-state index contributed by atoms with van der Waals surface area (Å²) in [4.78, 5) is 27.0. The van der Waals surface area contributed by atoms with Gasteiger partial charge in [-0.25, -0.2) is 15.0 Å². The van der Waals surface area contributed by atoms with Gasteiger partial charge in [-0.3, -0.25) is 9.69 Å². The van der Waals surface area contributed by atoms with E-state index in [1.165, 1.54) is 11.2 Å². The minimum Gasteiger partial charge on any atom is -0.485 e. The molecule has 2 aliphatic heterocycles. The van der Waals surface area contributed by atoms with E-state index >= 15 is 0 Å². The fraction of sp³-hybridized carbons (Fsp3) is 0.333. The first-order valence-corrected chi connectivity index (χ1v) is 8.22. The second kappa shape index (κ2) is 5.50. The Morgan fingerprint density at radius 3 is 2.65 bits per heavy atom. The van der Waals surface area contributed by atoms with Crippen LogP contribution in [0, 0.1) is 0 Å². The number of aliphatic hydroxyl groups excluding tert-OH is 1. The number of nitrogens with zero attached hydrogens (tertiary/aromatic N) is 4. The number of carbonyl (C=O) groups excluding carboxylic acids is 1. The first-order chi connectivity index (χ1) is 12.4. The number of hydrogen-bond donors (Lipinski definition) is 2. The molecule has 8 nitrogen and oxygen atoms in total. The van der Waals surface area contributed by atoms with Gasteiger partial charge in [0.2, 0.25) is 0 Å². The highest BCUT2D eigenvalue weighted by atomic mass is 16.5. The van der Waals surface area contributed by atoms with Crippen LogP contribution in [0.5, 0.6) is 5.75 Å². The lowest BCUT2D eigenvalue weighted by molar-refractivity contribution is -0.134. The van der Waals surface area contributed by atoms with Gasteiger partial charge in [-0.1, -0.05) is 6.07 Å². The van der Waals surface area contributed by atoms with E-state index in [-0.39, 0.29) is 24.9 Å². The molecule has 0 radical (unpaired) electrons. The van der Waals surface area contributed by atoms with Crippen LogP contribution in [-0.2, 0) is 10.3 Å². The highest BCUT2D eigenvalue weighted by Gasteiger charge is 2.56. The number of hydrogen-bond acceptors (Lipinski definition) is 7. The average Bonchev–Trinajstić information content (AvgIpc) is 2.86.